The first-order valence-corrected chi connectivity index (χ1v) is 6.47. The van der Waals surface area contributed by atoms with Crippen molar-refractivity contribution < 1.29 is 9.52 Å². The largest absolute Gasteiger partial charge is 0.508 e. The molecule has 0 spiro atoms. The number of aryl methyl sites for hydroxylation is 1. The minimum atomic E-state index is -0.442. The summed E-state index contributed by atoms with van der Waals surface area (Å²) < 4.78 is 5.29. The van der Waals surface area contributed by atoms with Gasteiger partial charge in [0.1, 0.15) is 11.3 Å². The van der Waals surface area contributed by atoms with Crippen molar-refractivity contribution in [2.24, 2.45) is 0 Å². The molecule has 0 radical (unpaired) electrons. The molecule has 0 saturated carbocycles. The highest BCUT2D eigenvalue weighted by Crippen LogP contribution is 2.33. The molecule has 4 heteroatoms. The molecular formula is C16H11ClO3. The topological polar surface area (TPSA) is 50.4 Å². The molecule has 0 saturated heterocycles. The van der Waals surface area contributed by atoms with Gasteiger partial charge in [-0.2, -0.15) is 0 Å². The Morgan fingerprint density at radius 3 is 2.55 bits per heavy atom. The number of hydrogen-bond acceptors (Lipinski definition) is 3. The lowest BCUT2D eigenvalue weighted by molar-refractivity contribution is 0.473. The Hall–Kier alpha value is -2.26. The lowest BCUT2D eigenvalue weighted by atomic mass is 9.99. The van der Waals surface area contributed by atoms with E-state index in [1.165, 1.54) is 12.1 Å². The van der Waals surface area contributed by atoms with Crippen LogP contribution < -0.4 is 5.63 Å². The molecule has 3 aromatic rings. The summed E-state index contributed by atoms with van der Waals surface area (Å²) >= 11 is 6.16. The normalized spacial score (nSPS) is 10.9. The van der Waals surface area contributed by atoms with E-state index in [0.717, 1.165) is 11.1 Å². The molecule has 0 aliphatic heterocycles. The molecule has 1 heterocycles. The Labute approximate surface area is 120 Å². The van der Waals surface area contributed by atoms with E-state index >= 15 is 0 Å². The van der Waals surface area contributed by atoms with Gasteiger partial charge in [0.2, 0.25) is 0 Å². The van der Waals surface area contributed by atoms with E-state index in [-0.39, 0.29) is 11.3 Å². The fraction of sp³-hybridized carbons (Fsp3) is 0.0625. The summed E-state index contributed by atoms with van der Waals surface area (Å²) in [6.07, 6.45) is 0. The molecule has 0 fully saturated rings. The van der Waals surface area contributed by atoms with Gasteiger partial charge < -0.3 is 9.52 Å². The van der Waals surface area contributed by atoms with Gasteiger partial charge in [-0.25, -0.2) is 4.79 Å². The highest BCUT2D eigenvalue weighted by atomic mass is 35.5. The molecule has 0 amide bonds. The summed E-state index contributed by atoms with van der Waals surface area (Å²) in [4.78, 5) is 12.2. The summed E-state index contributed by atoms with van der Waals surface area (Å²) in [7, 11) is 0. The van der Waals surface area contributed by atoms with Crippen LogP contribution in [0.25, 0.3) is 22.1 Å². The van der Waals surface area contributed by atoms with Crippen molar-refractivity contribution >= 4 is 22.6 Å². The minimum Gasteiger partial charge on any atom is -0.508 e. The number of halogens is 1. The lowest BCUT2D eigenvalue weighted by Crippen LogP contribution is -2.06. The Kier molecular flexibility index (Phi) is 2.99. The van der Waals surface area contributed by atoms with Crippen LogP contribution >= 0.6 is 11.6 Å². The minimum absolute atomic E-state index is 0.0301. The van der Waals surface area contributed by atoms with Crippen LogP contribution in [0.5, 0.6) is 5.75 Å². The summed E-state index contributed by atoms with van der Waals surface area (Å²) in [5.74, 6) is -0.0301. The van der Waals surface area contributed by atoms with E-state index in [4.69, 9.17) is 16.0 Å². The van der Waals surface area contributed by atoms with Crippen molar-refractivity contribution in [2.45, 2.75) is 6.92 Å². The second-order valence-corrected chi connectivity index (χ2v) is 4.96. The maximum atomic E-state index is 12.2. The second kappa shape index (κ2) is 4.69. The average molecular weight is 287 g/mol. The van der Waals surface area contributed by atoms with E-state index in [1.54, 1.807) is 0 Å². The predicted molar refractivity (Wildman–Crippen MR) is 79.3 cm³/mol. The molecule has 1 N–H and O–H groups in total. The Morgan fingerprint density at radius 2 is 1.85 bits per heavy atom. The SMILES string of the molecule is Cc1c(-c2ccccc2)c(=O)oc2cc(O)cc(Cl)c12. The van der Waals surface area contributed by atoms with Crippen molar-refractivity contribution in [3.05, 3.63) is 63.5 Å². The second-order valence-electron chi connectivity index (χ2n) is 4.56. The maximum Gasteiger partial charge on any atom is 0.344 e. The fourth-order valence-electron chi connectivity index (χ4n) is 2.38. The van der Waals surface area contributed by atoms with Gasteiger partial charge >= 0.3 is 5.63 Å². The molecular weight excluding hydrogens is 276 g/mol. The number of phenols is 1. The van der Waals surface area contributed by atoms with Gasteiger partial charge in [-0.15, -0.1) is 0 Å². The molecule has 0 atom stereocenters. The highest BCUT2D eigenvalue weighted by Gasteiger charge is 2.15. The predicted octanol–water partition coefficient (Wildman–Crippen LogP) is 4.13. The summed E-state index contributed by atoms with van der Waals surface area (Å²) in [5, 5.41) is 10.5. The smallest absolute Gasteiger partial charge is 0.344 e. The van der Waals surface area contributed by atoms with Crippen LogP contribution in [0.2, 0.25) is 5.02 Å². The van der Waals surface area contributed by atoms with Crippen LogP contribution in [0.1, 0.15) is 5.56 Å². The van der Waals surface area contributed by atoms with E-state index < -0.39 is 5.63 Å². The number of hydrogen-bond donors (Lipinski definition) is 1. The summed E-state index contributed by atoms with van der Waals surface area (Å²) in [5.41, 5.74) is 1.86. The van der Waals surface area contributed by atoms with E-state index in [2.05, 4.69) is 0 Å². The summed E-state index contributed by atoms with van der Waals surface area (Å²) in [6.45, 7) is 1.82. The van der Waals surface area contributed by atoms with Crippen molar-refractivity contribution in [3.63, 3.8) is 0 Å². The average Bonchev–Trinajstić information content (AvgIpc) is 2.38. The molecule has 0 unspecified atom stereocenters. The van der Waals surface area contributed by atoms with Crippen molar-refractivity contribution in [1.82, 2.24) is 0 Å². The molecule has 0 aliphatic carbocycles. The number of benzene rings is 2. The number of phenolic OH excluding ortho intramolecular Hbond substituents is 1. The number of rotatable bonds is 1. The zero-order chi connectivity index (χ0) is 14.3. The lowest BCUT2D eigenvalue weighted by Gasteiger charge is -2.09. The molecule has 3 nitrogen and oxygen atoms in total. The maximum absolute atomic E-state index is 12.2. The molecule has 0 bridgehead atoms. The molecule has 3 rings (SSSR count). The first-order valence-electron chi connectivity index (χ1n) is 6.09. The molecule has 100 valence electrons. The number of aromatic hydroxyl groups is 1. The zero-order valence-corrected chi connectivity index (χ0v) is 11.4. The first kappa shape index (κ1) is 12.8. The highest BCUT2D eigenvalue weighted by molar-refractivity contribution is 6.35. The van der Waals surface area contributed by atoms with E-state index in [1.807, 2.05) is 37.3 Å². The standard InChI is InChI=1S/C16H11ClO3/c1-9-14(10-5-3-2-4-6-10)16(19)20-13-8-11(18)7-12(17)15(9)13/h2-8,18H,1H3. The van der Waals surface area contributed by atoms with E-state index in [9.17, 15) is 9.90 Å². The van der Waals surface area contributed by atoms with Crippen LogP contribution in [-0.4, -0.2) is 5.11 Å². The quantitative estimate of drug-likeness (QED) is 0.684. The third-order valence-corrected chi connectivity index (χ3v) is 3.56. The Morgan fingerprint density at radius 1 is 1.15 bits per heavy atom. The molecule has 2 aromatic carbocycles. The van der Waals surface area contributed by atoms with Crippen LogP contribution in [-0.2, 0) is 0 Å². The summed E-state index contributed by atoms with van der Waals surface area (Å²) in [6, 6.07) is 12.1. The van der Waals surface area contributed by atoms with Crippen molar-refractivity contribution in [3.8, 4) is 16.9 Å². The van der Waals surface area contributed by atoms with Gasteiger partial charge in [-0.05, 0) is 24.1 Å². The van der Waals surface area contributed by atoms with Crippen molar-refractivity contribution in [1.29, 1.82) is 0 Å². The van der Waals surface area contributed by atoms with Gasteiger partial charge in [0.15, 0.2) is 0 Å². The Bertz CT molecular complexity index is 851. The number of fused-ring (bicyclic) bond motifs is 1. The van der Waals surface area contributed by atoms with Crippen LogP contribution in [0.15, 0.2) is 51.7 Å². The van der Waals surface area contributed by atoms with Crippen molar-refractivity contribution in [2.75, 3.05) is 0 Å². The van der Waals surface area contributed by atoms with Gasteiger partial charge in [0.05, 0.1) is 10.6 Å². The molecule has 1 aromatic heterocycles. The van der Waals surface area contributed by atoms with Crippen LogP contribution in [0.3, 0.4) is 0 Å². The van der Waals surface area contributed by atoms with Gasteiger partial charge in [0.25, 0.3) is 0 Å². The fourth-order valence-corrected chi connectivity index (χ4v) is 2.73. The molecule has 0 aliphatic rings. The monoisotopic (exact) mass is 286 g/mol. The van der Waals surface area contributed by atoms with Gasteiger partial charge in [-0.1, -0.05) is 41.9 Å². The third-order valence-electron chi connectivity index (χ3n) is 3.26. The van der Waals surface area contributed by atoms with Crippen LogP contribution in [0.4, 0.5) is 0 Å². The van der Waals surface area contributed by atoms with E-state index in [0.29, 0.717) is 16.0 Å². The Balaban J connectivity index is 2.44. The first-order chi connectivity index (χ1) is 9.58. The third kappa shape index (κ3) is 1.96. The zero-order valence-electron chi connectivity index (χ0n) is 10.7. The van der Waals surface area contributed by atoms with Crippen LogP contribution in [0, 0.1) is 6.92 Å². The van der Waals surface area contributed by atoms with Gasteiger partial charge in [0, 0.05) is 11.5 Å². The van der Waals surface area contributed by atoms with Gasteiger partial charge in [-0.3, -0.25) is 0 Å². The molecule has 20 heavy (non-hydrogen) atoms.